The van der Waals surface area contributed by atoms with Gasteiger partial charge in [0.25, 0.3) is 0 Å². The molecular weight excluding hydrogens is 214 g/mol. The molecule has 2 saturated heterocycles. The summed E-state index contributed by atoms with van der Waals surface area (Å²) in [6, 6.07) is 0.629. The fourth-order valence-corrected chi connectivity index (χ4v) is 3.56. The molecule has 4 nitrogen and oxygen atoms in total. The molecule has 2 aliphatic heterocycles. The van der Waals surface area contributed by atoms with Gasteiger partial charge >= 0.3 is 6.03 Å². The number of hydrogen-bond donors (Lipinski definition) is 2. The summed E-state index contributed by atoms with van der Waals surface area (Å²) in [5, 5.41) is 6.63. The molecule has 3 aliphatic rings. The fraction of sp³-hybridized carbons (Fsp3) is 0.923. The van der Waals surface area contributed by atoms with Crippen LogP contribution in [-0.2, 0) is 0 Å². The van der Waals surface area contributed by atoms with Gasteiger partial charge in [0.2, 0.25) is 0 Å². The first-order chi connectivity index (χ1) is 8.33. The number of rotatable bonds is 1. The Morgan fingerprint density at radius 1 is 1.12 bits per heavy atom. The van der Waals surface area contributed by atoms with Crippen LogP contribution in [-0.4, -0.2) is 43.2 Å². The minimum atomic E-state index is 0.183. The average Bonchev–Trinajstić information content (AvgIpc) is 2.97. The number of nitrogens with one attached hydrogen (secondary N) is 2. The zero-order valence-electron chi connectivity index (χ0n) is 10.5. The highest BCUT2D eigenvalue weighted by atomic mass is 16.2. The number of nitrogens with zero attached hydrogens (tertiary/aromatic N) is 1. The third-order valence-corrected chi connectivity index (χ3v) is 4.67. The van der Waals surface area contributed by atoms with Crippen molar-refractivity contribution in [2.45, 2.75) is 38.1 Å². The molecule has 3 fully saturated rings. The first-order valence-corrected chi connectivity index (χ1v) is 7.09. The predicted octanol–water partition coefficient (Wildman–Crippen LogP) is 1.18. The molecule has 2 N–H and O–H groups in total. The van der Waals surface area contributed by atoms with E-state index in [0.29, 0.717) is 12.0 Å². The Morgan fingerprint density at radius 3 is 2.71 bits per heavy atom. The number of fused-ring (bicyclic) bond motifs is 1. The second-order valence-corrected chi connectivity index (χ2v) is 5.84. The number of carbonyl (C=O) groups excluding carboxylic acids is 1. The van der Waals surface area contributed by atoms with Crippen molar-refractivity contribution in [2.24, 2.45) is 11.8 Å². The lowest BCUT2D eigenvalue weighted by molar-refractivity contribution is 0.148. The number of piperidine rings is 1. The van der Waals surface area contributed by atoms with E-state index in [4.69, 9.17) is 0 Å². The minimum absolute atomic E-state index is 0.183. The van der Waals surface area contributed by atoms with Crippen molar-refractivity contribution in [1.82, 2.24) is 15.5 Å². The monoisotopic (exact) mass is 237 g/mol. The summed E-state index contributed by atoms with van der Waals surface area (Å²) >= 11 is 0. The lowest BCUT2D eigenvalue weighted by Gasteiger charge is -2.35. The summed E-state index contributed by atoms with van der Waals surface area (Å²) in [6.07, 6.45) is 6.08. The van der Waals surface area contributed by atoms with E-state index in [1.54, 1.807) is 0 Å². The molecule has 1 aliphatic carbocycles. The highest BCUT2D eigenvalue weighted by molar-refractivity contribution is 5.74. The van der Waals surface area contributed by atoms with Crippen LogP contribution in [0.1, 0.15) is 32.1 Å². The molecular formula is C13H23N3O. The van der Waals surface area contributed by atoms with Gasteiger partial charge in [0.1, 0.15) is 0 Å². The first kappa shape index (κ1) is 11.3. The molecule has 2 unspecified atom stereocenters. The minimum Gasteiger partial charge on any atom is -0.335 e. The molecule has 0 aromatic rings. The lowest BCUT2D eigenvalue weighted by Crippen LogP contribution is -2.49. The van der Waals surface area contributed by atoms with E-state index in [2.05, 4.69) is 10.6 Å². The smallest absolute Gasteiger partial charge is 0.317 e. The number of hydrogen-bond acceptors (Lipinski definition) is 2. The van der Waals surface area contributed by atoms with Crippen molar-refractivity contribution < 1.29 is 4.79 Å². The van der Waals surface area contributed by atoms with E-state index in [1.165, 1.54) is 32.1 Å². The summed E-state index contributed by atoms with van der Waals surface area (Å²) < 4.78 is 0. The molecule has 2 amide bonds. The quantitative estimate of drug-likeness (QED) is 0.719. The van der Waals surface area contributed by atoms with Gasteiger partial charge in [-0.1, -0.05) is 12.8 Å². The van der Waals surface area contributed by atoms with Crippen LogP contribution in [0.2, 0.25) is 0 Å². The second-order valence-electron chi connectivity index (χ2n) is 5.84. The molecule has 0 aromatic carbocycles. The van der Waals surface area contributed by atoms with E-state index >= 15 is 0 Å². The molecule has 3 rings (SSSR count). The fourth-order valence-electron chi connectivity index (χ4n) is 3.56. The number of likely N-dealkylation sites (tertiary alicyclic amines) is 1. The van der Waals surface area contributed by atoms with Crippen LogP contribution in [0.15, 0.2) is 0 Å². The maximum Gasteiger partial charge on any atom is 0.317 e. The Hall–Kier alpha value is -0.770. The van der Waals surface area contributed by atoms with Crippen LogP contribution >= 0.6 is 0 Å². The van der Waals surface area contributed by atoms with Gasteiger partial charge in [0, 0.05) is 19.1 Å². The van der Waals surface area contributed by atoms with Crippen LogP contribution in [0.3, 0.4) is 0 Å². The average molecular weight is 237 g/mol. The Morgan fingerprint density at radius 2 is 1.88 bits per heavy atom. The van der Waals surface area contributed by atoms with Gasteiger partial charge in [-0.05, 0) is 44.2 Å². The first-order valence-electron chi connectivity index (χ1n) is 7.09. The Labute approximate surface area is 103 Å². The van der Waals surface area contributed by atoms with Crippen molar-refractivity contribution in [3.05, 3.63) is 0 Å². The van der Waals surface area contributed by atoms with E-state index in [1.807, 2.05) is 4.90 Å². The normalized spacial score (nSPS) is 33.8. The van der Waals surface area contributed by atoms with Gasteiger partial charge in [-0.3, -0.25) is 0 Å². The number of carbonyl (C=O) groups is 1. The SMILES string of the molecule is O=C(NC1CCCC1)N1CCC2CNCC2C1. The largest absolute Gasteiger partial charge is 0.335 e. The molecule has 0 bridgehead atoms. The Balaban J connectivity index is 1.51. The van der Waals surface area contributed by atoms with Gasteiger partial charge in [-0.15, -0.1) is 0 Å². The van der Waals surface area contributed by atoms with Crippen molar-refractivity contribution in [1.29, 1.82) is 0 Å². The van der Waals surface area contributed by atoms with Gasteiger partial charge < -0.3 is 15.5 Å². The maximum absolute atomic E-state index is 12.1. The molecule has 2 heterocycles. The van der Waals surface area contributed by atoms with Crippen molar-refractivity contribution in [2.75, 3.05) is 26.2 Å². The predicted molar refractivity (Wildman–Crippen MR) is 66.8 cm³/mol. The molecule has 4 heteroatoms. The zero-order valence-corrected chi connectivity index (χ0v) is 10.5. The number of urea groups is 1. The number of amides is 2. The lowest BCUT2D eigenvalue weighted by atomic mass is 9.89. The van der Waals surface area contributed by atoms with Crippen LogP contribution in [0.25, 0.3) is 0 Å². The van der Waals surface area contributed by atoms with Crippen LogP contribution in [0.4, 0.5) is 4.79 Å². The summed E-state index contributed by atoms with van der Waals surface area (Å²) in [7, 11) is 0. The van der Waals surface area contributed by atoms with E-state index in [0.717, 1.165) is 32.1 Å². The van der Waals surface area contributed by atoms with Gasteiger partial charge in [-0.2, -0.15) is 0 Å². The van der Waals surface area contributed by atoms with Crippen molar-refractivity contribution >= 4 is 6.03 Å². The van der Waals surface area contributed by atoms with E-state index in [-0.39, 0.29) is 6.03 Å². The summed E-state index contributed by atoms with van der Waals surface area (Å²) in [5.41, 5.74) is 0. The topological polar surface area (TPSA) is 44.4 Å². The van der Waals surface area contributed by atoms with Crippen LogP contribution in [0.5, 0.6) is 0 Å². The van der Waals surface area contributed by atoms with Crippen LogP contribution in [0, 0.1) is 11.8 Å². The third kappa shape index (κ3) is 2.41. The highest BCUT2D eigenvalue weighted by Gasteiger charge is 2.34. The van der Waals surface area contributed by atoms with Gasteiger partial charge in [0.15, 0.2) is 0 Å². The highest BCUT2D eigenvalue weighted by Crippen LogP contribution is 2.26. The molecule has 2 atom stereocenters. The summed E-state index contributed by atoms with van der Waals surface area (Å²) in [6.45, 7) is 4.15. The van der Waals surface area contributed by atoms with Gasteiger partial charge in [0.05, 0.1) is 0 Å². The Bertz CT molecular complexity index is 288. The van der Waals surface area contributed by atoms with E-state index in [9.17, 15) is 4.79 Å². The molecule has 0 aromatic heterocycles. The maximum atomic E-state index is 12.1. The Kier molecular flexibility index (Phi) is 3.23. The molecule has 0 spiro atoms. The molecule has 1 saturated carbocycles. The summed E-state index contributed by atoms with van der Waals surface area (Å²) in [5.74, 6) is 1.50. The third-order valence-electron chi connectivity index (χ3n) is 4.67. The second kappa shape index (κ2) is 4.84. The molecule has 0 radical (unpaired) electrons. The van der Waals surface area contributed by atoms with Crippen molar-refractivity contribution in [3.8, 4) is 0 Å². The molecule has 17 heavy (non-hydrogen) atoms. The van der Waals surface area contributed by atoms with Gasteiger partial charge in [-0.25, -0.2) is 4.79 Å². The zero-order chi connectivity index (χ0) is 11.7. The molecule has 96 valence electrons. The van der Waals surface area contributed by atoms with Crippen molar-refractivity contribution in [3.63, 3.8) is 0 Å². The standard InChI is InChI=1S/C13H23N3O/c17-13(15-12-3-1-2-4-12)16-6-5-10-7-14-8-11(10)9-16/h10-12,14H,1-9H2,(H,15,17). The van der Waals surface area contributed by atoms with E-state index < -0.39 is 0 Å². The summed E-state index contributed by atoms with van der Waals surface area (Å²) in [4.78, 5) is 14.2. The van der Waals surface area contributed by atoms with Crippen LogP contribution < -0.4 is 10.6 Å².